The first kappa shape index (κ1) is 16.3. The first-order chi connectivity index (χ1) is 8.85. The largest absolute Gasteiger partial charge is 0.492 e. The van der Waals surface area contributed by atoms with Crippen LogP contribution in [0.1, 0.15) is 31.9 Å². The molecule has 0 radical (unpaired) electrons. The van der Waals surface area contributed by atoms with Gasteiger partial charge in [-0.1, -0.05) is 18.5 Å². The molecule has 0 aromatic heterocycles. The highest BCUT2D eigenvalue weighted by Gasteiger charge is 2.13. The zero-order valence-electron chi connectivity index (χ0n) is 11.1. The van der Waals surface area contributed by atoms with Gasteiger partial charge in [0.25, 0.3) is 0 Å². The van der Waals surface area contributed by atoms with Gasteiger partial charge in [0.1, 0.15) is 12.4 Å². The summed E-state index contributed by atoms with van der Waals surface area (Å²) in [6, 6.07) is 4.89. The molecule has 1 aromatic rings. The number of benzene rings is 1. The zero-order valence-corrected chi connectivity index (χ0v) is 12.7. The third-order valence-corrected chi connectivity index (χ3v) is 4.64. The molecule has 0 saturated heterocycles. The number of hydrogen-bond acceptors (Lipinski definition) is 4. The summed E-state index contributed by atoms with van der Waals surface area (Å²) in [6.07, 6.45) is -0.122. The van der Waals surface area contributed by atoms with E-state index in [1.54, 1.807) is 25.1 Å². The SMILES string of the molecule is CCCS(=O)(=O)CCOc1ccc(Cl)cc1C(C)O. The number of aliphatic hydroxyl groups excluding tert-OH is 1. The number of aliphatic hydroxyl groups is 1. The van der Waals surface area contributed by atoms with E-state index in [1.165, 1.54) is 0 Å². The standard InChI is InChI=1S/C13H19ClO4S/c1-3-7-19(16,17)8-6-18-13-5-4-11(14)9-12(13)10(2)15/h4-5,9-10,15H,3,6-8H2,1-2H3. The molecule has 1 aromatic carbocycles. The summed E-state index contributed by atoms with van der Waals surface area (Å²) in [5, 5.41) is 10.1. The third kappa shape index (κ3) is 5.38. The van der Waals surface area contributed by atoms with E-state index in [2.05, 4.69) is 0 Å². The van der Waals surface area contributed by atoms with Gasteiger partial charge in [0.15, 0.2) is 9.84 Å². The lowest BCUT2D eigenvalue weighted by Crippen LogP contribution is -2.17. The Morgan fingerprint density at radius 3 is 2.63 bits per heavy atom. The van der Waals surface area contributed by atoms with Gasteiger partial charge in [-0.2, -0.15) is 0 Å². The maximum absolute atomic E-state index is 11.5. The van der Waals surface area contributed by atoms with Gasteiger partial charge in [0.2, 0.25) is 0 Å². The fourth-order valence-electron chi connectivity index (χ4n) is 1.67. The molecule has 0 saturated carbocycles. The molecule has 0 heterocycles. The second kappa shape index (κ2) is 7.12. The van der Waals surface area contributed by atoms with Crippen molar-refractivity contribution in [1.29, 1.82) is 0 Å². The molecule has 4 nitrogen and oxygen atoms in total. The number of sulfone groups is 1. The van der Waals surface area contributed by atoms with E-state index in [0.717, 1.165) is 0 Å². The molecule has 1 unspecified atom stereocenters. The maximum Gasteiger partial charge on any atom is 0.153 e. The van der Waals surface area contributed by atoms with E-state index in [4.69, 9.17) is 16.3 Å². The lowest BCUT2D eigenvalue weighted by molar-refractivity contribution is 0.192. The smallest absolute Gasteiger partial charge is 0.153 e. The highest BCUT2D eigenvalue weighted by molar-refractivity contribution is 7.91. The molecule has 19 heavy (non-hydrogen) atoms. The summed E-state index contributed by atoms with van der Waals surface area (Å²) in [7, 11) is -3.06. The van der Waals surface area contributed by atoms with Gasteiger partial charge in [-0.25, -0.2) is 8.42 Å². The average Bonchev–Trinajstić information content (AvgIpc) is 2.30. The lowest BCUT2D eigenvalue weighted by atomic mass is 10.1. The number of halogens is 1. The fraction of sp³-hybridized carbons (Fsp3) is 0.538. The van der Waals surface area contributed by atoms with E-state index >= 15 is 0 Å². The zero-order chi connectivity index (χ0) is 14.5. The third-order valence-electron chi connectivity index (χ3n) is 2.59. The Kier molecular flexibility index (Phi) is 6.10. The van der Waals surface area contributed by atoms with Crippen molar-refractivity contribution < 1.29 is 18.3 Å². The normalized spacial score (nSPS) is 13.3. The van der Waals surface area contributed by atoms with E-state index in [9.17, 15) is 13.5 Å². The van der Waals surface area contributed by atoms with Crippen LogP contribution in [-0.4, -0.2) is 31.6 Å². The van der Waals surface area contributed by atoms with E-state index in [0.29, 0.717) is 22.8 Å². The number of rotatable bonds is 7. The Bertz CT molecular complexity index is 511. The molecule has 0 aliphatic carbocycles. The second-order valence-electron chi connectivity index (χ2n) is 4.36. The summed E-state index contributed by atoms with van der Waals surface area (Å²) in [4.78, 5) is 0. The quantitative estimate of drug-likeness (QED) is 0.841. The van der Waals surface area contributed by atoms with E-state index in [-0.39, 0.29) is 18.1 Å². The minimum Gasteiger partial charge on any atom is -0.492 e. The van der Waals surface area contributed by atoms with Crippen molar-refractivity contribution in [2.24, 2.45) is 0 Å². The predicted octanol–water partition coefficient (Wildman–Crippen LogP) is 2.60. The molecule has 0 aliphatic rings. The number of hydrogen-bond donors (Lipinski definition) is 1. The van der Waals surface area contributed by atoms with Gasteiger partial charge in [0.05, 0.1) is 17.6 Å². The molecule has 1 rings (SSSR count). The minimum absolute atomic E-state index is 0.0251. The van der Waals surface area contributed by atoms with Crippen molar-refractivity contribution in [2.45, 2.75) is 26.4 Å². The van der Waals surface area contributed by atoms with Crippen LogP contribution in [0.5, 0.6) is 5.75 Å². The van der Waals surface area contributed by atoms with Gasteiger partial charge < -0.3 is 9.84 Å². The second-order valence-corrected chi connectivity index (χ2v) is 7.10. The highest BCUT2D eigenvalue weighted by Crippen LogP contribution is 2.28. The summed E-state index contributed by atoms with van der Waals surface area (Å²) < 4.78 is 28.5. The Hall–Kier alpha value is -0.780. The van der Waals surface area contributed by atoms with Crippen molar-refractivity contribution >= 4 is 21.4 Å². The van der Waals surface area contributed by atoms with Crippen LogP contribution < -0.4 is 4.74 Å². The molecular formula is C13H19ClO4S. The van der Waals surface area contributed by atoms with Crippen LogP contribution in [0.2, 0.25) is 5.02 Å². The topological polar surface area (TPSA) is 63.6 Å². The van der Waals surface area contributed by atoms with Crippen molar-refractivity contribution in [3.63, 3.8) is 0 Å². The van der Waals surface area contributed by atoms with Crippen LogP contribution in [0.15, 0.2) is 18.2 Å². The molecule has 1 atom stereocenters. The Morgan fingerprint density at radius 2 is 2.05 bits per heavy atom. The van der Waals surface area contributed by atoms with Gasteiger partial charge >= 0.3 is 0 Å². The Labute approximate surface area is 119 Å². The maximum atomic E-state index is 11.5. The molecular weight excluding hydrogens is 288 g/mol. The fourth-order valence-corrected chi connectivity index (χ4v) is 3.01. The Morgan fingerprint density at radius 1 is 1.37 bits per heavy atom. The van der Waals surface area contributed by atoms with Gasteiger partial charge in [-0.05, 0) is 31.5 Å². The molecule has 1 N–H and O–H groups in total. The predicted molar refractivity (Wildman–Crippen MR) is 76.5 cm³/mol. The van der Waals surface area contributed by atoms with E-state index < -0.39 is 15.9 Å². The Balaban J connectivity index is 2.68. The molecule has 108 valence electrons. The monoisotopic (exact) mass is 306 g/mol. The molecule has 0 fully saturated rings. The summed E-state index contributed by atoms with van der Waals surface area (Å²) >= 11 is 5.85. The first-order valence-corrected chi connectivity index (χ1v) is 8.36. The molecule has 0 bridgehead atoms. The van der Waals surface area contributed by atoms with Crippen LogP contribution >= 0.6 is 11.6 Å². The van der Waals surface area contributed by atoms with Crippen LogP contribution in [0.3, 0.4) is 0 Å². The highest BCUT2D eigenvalue weighted by atomic mass is 35.5. The minimum atomic E-state index is -3.06. The van der Waals surface area contributed by atoms with Crippen molar-refractivity contribution in [2.75, 3.05) is 18.1 Å². The van der Waals surface area contributed by atoms with Crippen molar-refractivity contribution in [3.05, 3.63) is 28.8 Å². The number of ether oxygens (including phenoxy) is 1. The molecule has 0 aliphatic heterocycles. The summed E-state index contributed by atoms with van der Waals surface area (Å²) in [6.45, 7) is 3.50. The van der Waals surface area contributed by atoms with Gasteiger partial charge in [-0.15, -0.1) is 0 Å². The lowest BCUT2D eigenvalue weighted by Gasteiger charge is -2.13. The van der Waals surface area contributed by atoms with Crippen LogP contribution in [-0.2, 0) is 9.84 Å². The molecule has 6 heteroatoms. The van der Waals surface area contributed by atoms with Crippen molar-refractivity contribution in [1.82, 2.24) is 0 Å². The first-order valence-electron chi connectivity index (χ1n) is 6.16. The van der Waals surface area contributed by atoms with Crippen LogP contribution in [0.4, 0.5) is 0 Å². The summed E-state index contributed by atoms with van der Waals surface area (Å²) in [5.41, 5.74) is 0.556. The average molecular weight is 307 g/mol. The van der Waals surface area contributed by atoms with E-state index in [1.807, 2.05) is 6.92 Å². The van der Waals surface area contributed by atoms with Gasteiger partial charge in [0, 0.05) is 10.6 Å². The molecule has 0 spiro atoms. The summed E-state index contributed by atoms with van der Waals surface area (Å²) in [5.74, 6) is 0.606. The van der Waals surface area contributed by atoms with Gasteiger partial charge in [-0.3, -0.25) is 0 Å². The van der Waals surface area contributed by atoms with Crippen molar-refractivity contribution in [3.8, 4) is 5.75 Å². The van der Waals surface area contributed by atoms with Crippen LogP contribution in [0, 0.1) is 0 Å². The van der Waals surface area contributed by atoms with Crippen LogP contribution in [0.25, 0.3) is 0 Å². The molecule has 0 amide bonds.